The third kappa shape index (κ3) is 4.94. The highest BCUT2D eigenvalue weighted by atomic mass is 35.5. The number of ether oxygens (including phenoxy) is 1. The number of carbonyl (C=O) groups is 2. The van der Waals surface area contributed by atoms with Crippen molar-refractivity contribution in [1.82, 2.24) is 10.3 Å². The molecule has 2 aromatic carbocycles. The van der Waals surface area contributed by atoms with Crippen LogP contribution in [0.25, 0.3) is 22.6 Å². The number of hydrogen-bond donors (Lipinski definition) is 1. The van der Waals surface area contributed by atoms with Gasteiger partial charge in [-0.05, 0) is 61.1 Å². The van der Waals surface area contributed by atoms with Crippen molar-refractivity contribution < 1.29 is 18.7 Å². The van der Waals surface area contributed by atoms with Crippen LogP contribution in [-0.4, -0.2) is 29.5 Å². The molecule has 3 aromatic rings. The molecule has 1 saturated carbocycles. The van der Waals surface area contributed by atoms with Crippen molar-refractivity contribution in [2.75, 3.05) is 6.61 Å². The molecule has 0 saturated heterocycles. The number of carbonyl (C=O) groups excluding carboxylic acids is 2. The van der Waals surface area contributed by atoms with E-state index in [2.05, 4.69) is 5.32 Å². The Morgan fingerprint density at radius 3 is 2.69 bits per heavy atom. The molecule has 2 aliphatic rings. The number of aromatic nitrogens is 1. The smallest absolute Gasteiger partial charge is 0.339 e. The summed E-state index contributed by atoms with van der Waals surface area (Å²) in [6, 6.07) is 12.1. The molecular weight excluding hydrogens is 467 g/mol. The molecule has 0 radical (unpaired) electrons. The molecule has 7 heteroatoms. The lowest BCUT2D eigenvalue weighted by Gasteiger charge is -2.22. The van der Waals surface area contributed by atoms with Crippen LogP contribution in [-0.2, 0) is 16.0 Å². The van der Waals surface area contributed by atoms with Crippen LogP contribution >= 0.6 is 11.6 Å². The fraction of sp³-hybridized carbons (Fsp3) is 0.321. The molecule has 35 heavy (non-hydrogen) atoms. The lowest BCUT2D eigenvalue weighted by Crippen LogP contribution is -2.38. The summed E-state index contributed by atoms with van der Waals surface area (Å²) in [6.07, 6.45) is 8.18. The number of esters is 1. The Morgan fingerprint density at radius 2 is 1.89 bits per heavy atom. The minimum atomic E-state index is -0.552. The van der Waals surface area contributed by atoms with Crippen LogP contribution < -0.4 is 5.32 Å². The first kappa shape index (κ1) is 23.5. The molecule has 1 amide bonds. The number of fused-ring (bicyclic) bond motifs is 2. The van der Waals surface area contributed by atoms with Crippen LogP contribution in [0.2, 0.25) is 5.02 Å². The molecule has 0 bridgehead atoms. The first-order valence-corrected chi connectivity index (χ1v) is 12.4. The van der Waals surface area contributed by atoms with Crippen LogP contribution in [0.15, 0.2) is 42.5 Å². The zero-order chi connectivity index (χ0) is 24.4. The van der Waals surface area contributed by atoms with E-state index >= 15 is 0 Å². The first-order chi connectivity index (χ1) is 17.0. The van der Waals surface area contributed by atoms with E-state index in [1.807, 2.05) is 24.3 Å². The molecule has 1 N–H and O–H groups in total. The van der Waals surface area contributed by atoms with Gasteiger partial charge in [0.15, 0.2) is 6.61 Å². The molecule has 0 unspecified atom stereocenters. The van der Waals surface area contributed by atoms with E-state index in [-0.39, 0.29) is 18.6 Å². The highest BCUT2D eigenvalue weighted by Crippen LogP contribution is 2.38. The molecule has 5 rings (SSSR count). The van der Waals surface area contributed by atoms with Crippen LogP contribution in [0.5, 0.6) is 0 Å². The second kappa shape index (κ2) is 10.2. The second-order valence-electron chi connectivity index (χ2n) is 9.11. The van der Waals surface area contributed by atoms with Gasteiger partial charge in [0, 0.05) is 17.0 Å². The zero-order valence-electron chi connectivity index (χ0n) is 19.3. The molecular formula is C28H26ClFN2O3. The Labute approximate surface area is 208 Å². The summed E-state index contributed by atoms with van der Waals surface area (Å²) in [5, 5.41) is 3.96. The van der Waals surface area contributed by atoms with Gasteiger partial charge in [-0.15, -0.1) is 0 Å². The Morgan fingerprint density at radius 1 is 1.09 bits per heavy atom. The molecule has 1 heterocycles. The van der Waals surface area contributed by atoms with Crippen LogP contribution in [0.1, 0.15) is 65.7 Å². The Balaban J connectivity index is 1.44. The third-order valence-corrected chi connectivity index (χ3v) is 7.10. The number of halogens is 2. The van der Waals surface area contributed by atoms with Crippen molar-refractivity contribution in [2.24, 2.45) is 0 Å². The van der Waals surface area contributed by atoms with Gasteiger partial charge in [-0.3, -0.25) is 4.79 Å². The number of para-hydroxylation sites is 1. The number of nitrogens with one attached hydrogen (secondary N) is 1. The van der Waals surface area contributed by atoms with E-state index in [0.29, 0.717) is 45.6 Å². The van der Waals surface area contributed by atoms with Crippen molar-refractivity contribution in [3.63, 3.8) is 0 Å². The predicted molar refractivity (Wildman–Crippen MR) is 135 cm³/mol. The standard InChI is InChI=1S/C28H26ClFN2O3/c29-22-10-6-11-23(30)21(22)15-17-13-14-20-26(19-9-4-5-12-24(19)32-27(17)20)28(34)35-16-25(33)31-18-7-2-1-3-8-18/h4-6,9-12,15,18H,1-3,7-8,13-14,16H2,(H,31,33). The second-order valence-corrected chi connectivity index (χ2v) is 9.52. The lowest BCUT2D eigenvalue weighted by molar-refractivity contribution is -0.125. The van der Waals surface area contributed by atoms with Crippen LogP contribution in [0, 0.1) is 5.82 Å². The van der Waals surface area contributed by atoms with Gasteiger partial charge in [0.1, 0.15) is 5.82 Å². The number of benzene rings is 2. The minimum absolute atomic E-state index is 0.152. The maximum Gasteiger partial charge on any atom is 0.339 e. The monoisotopic (exact) mass is 492 g/mol. The van der Waals surface area contributed by atoms with Gasteiger partial charge in [0.25, 0.3) is 5.91 Å². The molecule has 0 aliphatic heterocycles. The topological polar surface area (TPSA) is 68.3 Å². The van der Waals surface area contributed by atoms with Crippen molar-refractivity contribution in [3.8, 4) is 0 Å². The van der Waals surface area contributed by atoms with Crippen molar-refractivity contribution >= 4 is 46.0 Å². The van der Waals surface area contributed by atoms with E-state index in [4.69, 9.17) is 21.3 Å². The molecule has 180 valence electrons. The summed E-state index contributed by atoms with van der Waals surface area (Å²) in [5.74, 6) is -1.25. The average Bonchev–Trinajstić information content (AvgIpc) is 3.26. The van der Waals surface area contributed by atoms with E-state index in [0.717, 1.165) is 36.8 Å². The van der Waals surface area contributed by atoms with Crippen molar-refractivity contribution in [2.45, 2.75) is 51.0 Å². The highest BCUT2D eigenvalue weighted by Gasteiger charge is 2.28. The summed E-state index contributed by atoms with van der Waals surface area (Å²) in [5.41, 5.74) is 3.55. The summed E-state index contributed by atoms with van der Waals surface area (Å²) >= 11 is 6.24. The highest BCUT2D eigenvalue weighted by molar-refractivity contribution is 6.32. The van der Waals surface area contributed by atoms with Crippen molar-refractivity contribution in [3.05, 3.63) is 75.7 Å². The summed E-state index contributed by atoms with van der Waals surface area (Å²) in [6.45, 7) is -0.325. The van der Waals surface area contributed by atoms with Crippen molar-refractivity contribution in [1.29, 1.82) is 0 Å². The molecule has 0 atom stereocenters. The number of allylic oxidation sites excluding steroid dienone is 1. The van der Waals surface area contributed by atoms with Gasteiger partial charge in [-0.25, -0.2) is 14.2 Å². The van der Waals surface area contributed by atoms with E-state index in [1.54, 1.807) is 18.2 Å². The van der Waals surface area contributed by atoms with Crippen LogP contribution in [0.4, 0.5) is 4.39 Å². The Hall–Kier alpha value is -3.25. The number of pyridine rings is 1. The molecule has 5 nitrogen and oxygen atoms in total. The fourth-order valence-corrected chi connectivity index (χ4v) is 5.27. The summed E-state index contributed by atoms with van der Waals surface area (Å²) in [7, 11) is 0. The van der Waals surface area contributed by atoms with Crippen LogP contribution in [0.3, 0.4) is 0 Å². The zero-order valence-corrected chi connectivity index (χ0v) is 20.0. The average molecular weight is 493 g/mol. The maximum atomic E-state index is 14.4. The quantitative estimate of drug-likeness (QED) is 0.436. The first-order valence-electron chi connectivity index (χ1n) is 12.0. The largest absolute Gasteiger partial charge is 0.452 e. The summed E-state index contributed by atoms with van der Waals surface area (Å²) < 4.78 is 19.9. The number of rotatable bonds is 5. The SMILES string of the molecule is O=C(COC(=O)c1c2c(nc3ccccc13)C(=Cc1c(F)cccc1Cl)CC2)NC1CCCCC1. The van der Waals surface area contributed by atoms with Gasteiger partial charge < -0.3 is 10.1 Å². The van der Waals surface area contributed by atoms with Gasteiger partial charge in [0.2, 0.25) is 0 Å². The number of nitrogens with zero attached hydrogens (tertiary/aromatic N) is 1. The van der Waals surface area contributed by atoms with E-state index in [1.165, 1.54) is 12.5 Å². The van der Waals surface area contributed by atoms with Gasteiger partial charge in [-0.2, -0.15) is 0 Å². The molecule has 2 aliphatic carbocycles. The van der Waals surface area contributed by atoms with Gasteiger partial charge in [0.05, 0.1) is 21.8 Å². The number of hydrogen-bond acceptors (Lipinski definition) is 4. The molecule has 1 aromatic heterocycles. The number of amides is 1. The maximum absolute atomic E-state index is 14.4. The Kier molecular flexibility index (Phi) is 6.82. The third-order valence-electron chi connectivity index (χ3n) is 6.77. The minimum Gasteiger partial charge on any atom is -0.452 e. The summed E-state index contributed by atoms with van der Waals surface area (Å²) in [4.78, 5) is 30.5. The molecule has 0 spiro atoms. The predicted octanol–water partition coefficient (Wildman–Crippen LogP) is 6.12. The lowest BCUT2D eigenvalue weighted by atomic mass is 9.95. The fourth-order valence-electron chi connectivity index (χ4n) is 5.05. The Bertz CT molecular complexity index is 1310. The van der Waals surface area contributed by atoms with E-state index < -0.39 is 11.8 Å². The van der Waals surface area contributed by atoms with E-state index in [9.17, 15) is 14.0 Å². The van der Waals surface area contributed by atoms with Gasteiger partial charge in [-0.1, -0.05) is 55.1 Å². The van der Waals surface area contributed by atoms with Gasteiger partial charge >= 0.3 is 5.97 Å². The normalized spacial score (nSPS) is 16.9. The molecule has 1 fully saturated rings.